The van der Waals surface area contributed by atoms with Gasteiger partial charge < -0.3 is 19.8 Å². The molecule has 71 heavy (non-hydrogen) atoms. The van der Waals surface area contributed by atoms with Crippen LogP contribution in [-0.4, -0.2) is 73.4 Å². The molecule has 3 atom stereocenters. The van der Waals surface area contributed by atoms with Crippen LogP contribution in [0.2, 0.25) is 0 Å². The van der Waals surface area contributed by atoms with Crippen molar-refractivity contribution < 1.29 is 32.9 Å². The Bertz CT molecular complexity index is 1250. The van der Waals surface area contributed by atoms with E-state index in [-0.39, 0.29) is 19.1 Å². The van der Waals surface area contributed by atoms with Crippen molar-refractivity contribution in [1.29, 1.82) is 0 Å². The maximum atomic E-state index is 12.9. The van der Waals surface area contributed by atoms with Crippen molar-refractivity contribution in [3.05, 3.63) is 36.5 Å². The van der Waals surface area contributed by atoms with E-state index in [1.165, 1.54) is 231 Å². The van der Waals surface area contributed by atoms with Crippen LogP contribution in [0.5, 0.6) is 0 Å². The van der Waals surface area contributed by atoms with Crippen LogP contribution in [0.3, 0.4) is 0 Å². The lowest BCUT2D eigenvalue weighted by molar-refractivity contribution is -0.870. The molecule has 420 valence electrons. The van der Waals surface area contributed by atoms with Crippen molar-refractivity contribution in [3.8, 4) is 0 Å². The topological polar surface area (TPSA) is 105 Å². The molecular formula is C62H122N2O6P+. The lowest BCUT2D eigenvalue weighted by atomic mass is 10.0. The van der Waals surface area contributed by atoms with Crippen LogP contribution >= 0.6 is 7.82 Å². The Morgan fingerprint density at radius 2 is 0.775 bits per heavy atom. The number of phosphoric ester groups is 1. The number of hydrogen-bond donors (Lipinski definition) is 3. The monoisotopic (exact) mass is 1020 g/mol. The van der Waals surface area contributed by atoms with Gasteiger partial charge in [0.2, 0.25) is 5.91 Å². The number of aliphatic hydroxyl groups is 1. The van der Waals surface area contributed by atoms with Crippen molar-refractivity contribution in [1.82, 2.24) is 5.32 Å². The molecule has 0 aliphatic heterocycles. The van der Waals surface area contributed by atoms with E-state index in [4.69, 9.17) is 9.05 Å². The van der Waals surface area contributed by atoms with Crippen LogP contribution in [0, 0.1) is 0 Å². The van der Waals surface area contributed by atoms with Gasteiger partial charge in [-0.1, -0.05) is 294 Å². The first-order valence-electron chi connectivity index (χ1n) is 30.9. The Hall–Kier alpha value is -1.28. The second-order valence-corrected chi connectivity index (χ2v) is 23.9. The lowest BCUT2D eigenvalue weighted by Gasteiger charge is -2.25. The molecular weight excluding hydrogens is 900 g/mol. The van der Waals surface area contributed by atoms with Gasteiger partial charge in [0.05, 0.1) is 39.9 Å². The summed E-state index contributed by atoms with van der Waals surface area (Å²) in [5.74, 6) is -0.187. The van der Waals surface area contributed by atoms with Gasteiger partial charge in [-0.15, -0.1) is 0 Å². The van der Waals surface area contributed by atoms with Crippen LogP contribution in [0.15, 0.2) is 36.5 Å². The Balaban J connectivity index is 3.87. The summed E-state index contributed by atoms with van der Waals surface area (Å²) in [4.78, 5) is 23.2. The fourth-order valence-electron chi connectivity index (χ4n) is 9.24. The summed E-state index contributed by atoms with van der Waals surface area (Å²) < 4.78 is 23.6. The molecule has 0 saturated carbocycles. The summed E-state index contributed by atoms with van der Waals surface area (Å²) in [6, 6.07) is -0.867. The first kappa shape index (κ1) is 69.7. The normalized spacial score (nSPS) is 14.1. The van der Waals surface area contributed by atoms with Gasteiger partial charge in [0.1, 0.15) is 13.2 Å². The Labute approximate surface area is 442 Å². The molecule has 1 amide bonds. The molecule has 0 heterocycles. The summed E-state index contributed by atoms with van der Waals surface area (Å²) in [7, 11) is 1.55. The van der Waals surface area contributed by atoms with E-state index in [1.54, 1.807) is 6.08 Å². The average Bonchev–Trinajstić information content (AvgIpc) is 3.33. The van der Waals surface area contributed by atoms with E-state index in [2.05, 4.69) is 43.5 Å². The zero-order valence-electron chi connectivity index (χ0n) is 48.0. The standard InChI is InChI=1S/C62H121N2O6P/c1-6-8-10-12-14-16-18-20-21-22-23-24-25-26-27-28-29-30-31-32-33-34-35-36-37-38-39-40-41-42-43-44-46-48-50-52-54-56-62(66)63-60(59-70-71(67,68)69-58-57-64(3,4)5)61(65)55-53-51-49-47-45-19-17-15-13-11-9-7-2/h13,15,45,47,53,55,60-61,65H,6-12,14,16-44,46,48-52,54,56-59H2,1-5H3,(H-,63,66,67,68)/p+1/b15-13+,47-45+,55-53+. The minimum atomic E-state index is -4.35. The second-order valence-electron chi connectivity index (χ2n) is 22.4. The van der Waals surface area contributed by atoms with E-state index in [0.717, 1.165) is 51.4 Å². The van der Waals surface area contributed by atoms with E-state index in [1.807, 2.05) is 27.2 Å². The van der Waals surface area contributed by atoms with E-state index in [0.29, 0.717) is 17.4 Å². The molecule has 0 aliphatic rings. The molecule has 0 spiro atoms. The molecule has 0 aliphatic carbocycles. The predicted molar refractivity (Wildman–Crippen MR) is 309 cm³/mol. The van der Waals surface area contributed by atoms with Gasteiger partial charge in [-0.05, 0) is 38.5 Å². The first-order chi connectivity index (χ1) is 34.5. The molecule has 3 N–H and O–H groups in total. The number of carbonyl (C=O) groups excluding carboxylic acids is 1. The zero-order chi connectivity index (χ0) is 52.0. The molecule has 0 bridgehead atoms. The number of allylic oxidation sites excluding steroid dienone is 5. The van der Waals surface area contributed by atoms with Gasteiger partial charge in [0.15, 0.2) is 0 Å². The number of carbonyl (C=O) groups is 1. The van der Waals surface area contributed by atoms with Crippen molar-refractivity contribution in [3.63, 3.8) is 0 Å². The van der Waals surface area contributed by atoms with Crippen molar-refractivity contribution in [2.75, 3.05) is 40.9 Å². The molecule has 3 unspecified atom stereocenters. The van der Waals surface area contributed by atoms with Crippen molar-refractivity contribution >= 4 is 13.7 Å². The third-order valence-electron chi connectivity index (χ3n) is 14.1. The Morgan fingerprint density at radius 1 is 0.465 bits per heavy atom. The predicted octanol–water partition coefficient (Wildman–Crippen LogP) is 18.9. The van der Waals surface area contributed by atoms with Crippen molar-refractivity contribution in [2.45, 2.75) is 315 Å². The zero-order valence-corrected chi connectivity index (χ0v) is 48.9. The highest BCUT2D eigenvalue weighted by molar-refractivity contribution is 7.47. The van der Waals surface area contributed by atoms with Crippen LogP contribution in [0.4, 0.5) is 0 Å². The number of phosphoric acid groups is 1. The summed E-state index contributed by atoms with van der Waals surface area (Å²) in [6.07, 6.45) is 70.2. The highest BCUT2D eigenvalue weighted by atomic mass is 31.2. The number of nitrogens with one attached hydrogen (secondary N) is 1. The molecule has 0 saturated heterocycles. The number of quaternary nitrogens is 1. The maximum Gasteiger partial charge on any atom is 0.472 e. The summed E-state index contributed by atoms with van der Waals surface area (Å²) in [6.45, 7) is 4.76. The van der Waals surface area contributed by atoms with Crippen molar-refractivity contribution in [2.24, 2.45) is 0 Å². The van der Waals surface area contributed by atoms with Gasteiger partial charge in [-0.3, -0.25) is 13.8 Å². The number of likely N-dealkylation sites (N-methyl/N-ethyl adjacent to an activating group) is 1. The largest absolute Gasteiger partial charge is 0.472 e. The van der Waals surface area contributed by atoms with Gasteiger partial charge in [-0.25, -0.2) is 4.57 Å². The second kappa shape index (κ2) is 53.5. The van der Waals surface area contributed by atoms with Gasteiger partial charge in [0, 0.05) is 6.42 Å². The van der Waals surface area contributed by atoms with Gasteiger partial charge >= 0.3 is 7.82 Å². The molecule has 0 aromatic carbocycles. The highest BCUT2D eigenvalue weighted by Gasteiger charge is 2.27. The van der Waals surface area contributed by atoms with Crippen LogP contribution in [-0.2, 0) is 18.4 Å². The number of rotatable bonds is 57. The van der Waals surface area contributed by atoms with E-state index in [9.17, 15) is 19.4 Å². The van der Waals surface area contributed by atoms with Crippen LogP contribution in [0.25, 0.3) is 0 Å². The van der Waals surface area contributed by atoms with E-state index < -0.39 is 20.0 Å². The summed E-state index contributed by atoms with van der Waals surface area (Å²) >= 11 is 0. The maximum absolute atomic E-state index is 12.9. The van der Waals surface area contributed by atoms with Gasteiger partial charge in [-0.2, -0.15) is 0 Å². The third kappa shape index (κ3) is 56.3. The smallest absolute Gasteiger partial charge is 0.387 e. The van der Waals surface area contributed by atoms with Crippen LogP contribution in [0.1, 0.15) is 303 Å². The molecule has 0 aromatic rings. The van der Waals surface area contributed by atoms with Gasteiger partial charge in [0.25, 0.3) is 0 Å². The number of unbranched alkanes of at least 4 members (excludes halogenated alkanes) is 40. The Morgan fingerprint density at radius 3 is 1.11 bits per heavy atom. The molecule has 0 fully saturated rings. The SMILES string of the molecule is CCCC/C=C/CC/C=C/CC/C=C/C(O)C(COP(=O)(O)OCC[N+](C)(C)C)NC(=O)CCCCCCCCCCCCCCCCCCCCCCCCCCCCCCCCCCCCCCC. The van der Waals surface area contributed by atoms with Crippen LogP contribution < -0.4 is 5.32 Å². The van der Waals surface area contributed by atoms with E-state index >= 15 is 0 Å². The summed E-state index contributed by atoms with van der Waals surface area (Å²) in [5.41, 5.74) is 0. The Kier molecular flexibility index (Phi) is 52.6. The fourth-order valence-corrected chi connectivity index (χ4v) is 9.98. The third-order valence-corrected chi connectivity index (χ3v) is 15.1. The molecule has 0 rings (SSSR count). The number of amides is 1. The quantitative estimate of drug-likeness (QED) is 0.0243. The molecule has 8 nitrogen and oxygen atoms in total. The average molecular weight is 1020 g/mol. The summed E-state index contributed by atoms with van der Waals surface area (Å²) in [5, 5.41) is 13.8. The molecule has 0 radical (unpaired) electrons. The fraction of sp³-hybridized carbons (Fsp3) is 0.887. The molecule has 0 aromatic heterocycles. The lowest BCUT2D eigenvalue weighted by Crippen LogP contribution is -2.45. The number of nitrogens with zero attached hydrogens (tertiary/aromatic N) is 1. The minimum absolute atomic E-state index is 0.0548. The number of aliphatic hydroxyl groups excluding tert-OH is 1. The minimum Gasteiger partial charge on any atom is -0.387 e. The molecule has 9 heteroatoms. The first-order valence-corrected chi connectivity index (χ1v) is 32.4. The highest BCUT2D eigenvalue weighted by Crippen LogP contribution is 2.43. The number of hydrogen-bond acceptors (Lipinski definition) is 5.